The third kappa shape index (κ3) is 3.49. The predicted octanol–water partition coefficient (Wildman–Crippen LogP) is 3.09. The maximum atomic E-state index is 13.2. The van der Waals surface area contributed by atoms with E-state index in [0.29, 0.717) is 17.7 Å². The number of ether oxygens (including phenoxy) is 3. The molecular weight excluding hydrogens is 376 g/mol. The molecule has 1 aliphatic rings. The Morgan fingerprint density at radius 2 is 1.90 bits per heavy atom. The minimum Gasteiger partial charge on any atom is -0.508 e. The number of carbonyl (C=O) groups excluding carboxylic acids is 1. The number of phenolic OH excluding ortho intramolecular Hbond substituents is 2. The van der Waals surface area contributed by atoms with E-state index in [1.165, 1.54) is 38.5 Å². The Labute approximate surface area is 168 Å². The van der Waals surface area contributed by atoms with Crippen LogP contribution in [-0.2, 0) is 12.0 Å². The van der Waals surface area contributed by atoms with Crippen LogP contribution in [0, 0.1) is 0 Å². The van der Waals surface area contributed by atoms with Crippen molar-refractivity contribution in [2.45, 2.75) is 25.9 Å². The van der Waals surface area contributed by atoms with E-state index in [1.54, 1.807) is 0 Å². The number of aliphatic hydroxyl groups is 1. The van der Waals surface area contributed by atoms with Gasteiger partial charge in [0.2, 0.25) is 5.78 Å². The van der Waals surface area contributed by atoms with E-state index >= 15 is 0 Å². The zero-order valence-corrected chi connectivity index (χ0v) is 16.8. The summed E-state index contributed by atoms with van der Waals surface area (Å²) >= 11 is 0. The summed E-state index contributed by atoms with van der Waals surface area (Å²) in [5, 5.41) is 31.9. The van der Waals surface area contributed by atoms with Gasteiger partial charge in [0, 0.05) is 23.3 Å². The normalized spacial score (nSPS) is 17.9. The van der Waals surface area contributed by atoms with Gasteiger partial charge >= 0.3 is 0 Å². The van der Waals surface area contributed by atoms with Crippen LogP contribution >= 0.6 is 0 Å². The largest absolute Gasteiger partial charge is 0.508 e. The summed E-state index contributed by atoms with van der Waals surface area (Å²) in [4.78, 5) is 13.2. The standard InChI is InChI=1S/C22H24O7/c1-12(2)5-6-14-16(23)8-7-15(20(14)28-4)22(26)11-29-18-10-13(27-3)9-17(24)19(18)21(22)25/h5,7-10,23-24,26H,6,11H2,1-4H3/t22-/m1/s1. The van der Waals surface area contributed by atoms with Crippen molar-refractivity contribution in [1.29, 1.82) is 0 Å². The van der Waals surface area contributed by atoms with Crippen LogP contribution in [-0.4, -0.2) is 41.9 Å². The lowest BCUT2D eigenvalue weighted by Gasteiger charge is -2.34. The molecule has 29 heavy (non-hydrogen) atoms. The highest BCUT2D eigenvalue weighted by Gasteiger charge is 2.48. The molecule has 3 rings (SSSR count). The molecule has 0 saturated carbocycles. The number of aromatic hydroxyl groups is 2. The van der Waals surface area contributed by atoms with E-state index in [-0.39, 0.29) is 40.7 Å². The molecule has 0 spiro atoms. The van der Waals surface area contributed by atoms with Gasteiger partial charge in [0.25, 0.3) is 0 Å². The third-order valence-corrected chi connectivity index (χ3v) is 4.93. The lowest BCUT2D eigenvalue weighted by Crippen LogP contribution is -2.45. The molecule has 0 aromatic heterocycles. The molecule has 0 aliphatic carbocycles. The first-order valence-corrected chi connectivity index (χ1v) is 9.06. The van der Waals surface area contributed by atoms with Gasteiger partial charge in [-0.05, 0) is 32.4 Å². The van der Waals surface area contributed by atoms with Crippen LogP contribution in [0.2, 0.25) is 0 Å². The molecular formula is C22H24O7. The highest BCUT2D eigenvalue weighted by atomic mass is 16.5. The first-order valence-electron chi connectivity index (χ1n) is 9.06. The van der Waals surface area contributed by atoms with Crippen LogP contribution in [0.15, 0.2) is 35.9 Å². The molecule has 3 N–H and O–H groups in total. The van der Waals surface area contributed by atoms with Crippen molar-refractivity contribution in [1.82, 2.24) is 0 Å². The number of allylic oxidation sites excluding steroid dienone is 2. The monoisotopic (exact) mass is 400 g/mol. The molecule has 0 unspecified atom stereocenters. The molecule has 0 radical (unpaired) electrons. The fourth-order valence-electron chi connectivity index (χ4n) is 3.37. The van der Waals surface area contributed by atoms with Gasteiger partial charge < -0.3 is 29.5 Å². The molecule has 7 nitrogen and oxygen atoms in total. The number of carbonyl (C=O) groups is 1. The second kappa shape index (κ2) is 7.67. The minimum absolute atomic E-state index is 0.0103. The van der Waals surface area contributed by atoms with Gasteiger partial charge in [-0.1, -0.05) is 11.6 Å². The van der Waals surface area contributed by atoms with Crippen molar-refractivity contribution < 1.29 is 34.3 Å². The Hall–Kier alpha value is -3.19. The molecule has 0 saturated heterocycles. The highest BCUT2D eigenvalue weighted by Crippen LogP contribution is 2.46. The SMILES string of the molecule is COc1cc(O)c2c(c1)OC[C@@](O)(c1ccc(O)c(CC=C(C)C)c1OC)C2=O. The van der Waals surface area contributed by atoms with Gasteiger partial charge in [0.1, 0.15) is 40.9 Å². The second-order valence-electron chi connectivity index (χ2n) is 7.13. The Balaban J connectivity index is 2.15. The molecule has 0 amide bonds. The number of fused-ring (bicyclic) bond motifs is 1. The zero-order chi connectivity index (χ0) is 21.3. The molecule has 0 fully saturated rings. The quantitative estimate of drug-likeness (QED) is 0.662. The summed E-state index contributed by atoms with van der Waals surface area (Å²) < 4.78 is 16.2. The van der Waals surface area contributed by atoms with Crippen molar-refractivity contribution in [2.24, 2.45) is 0 Å². The topological polar surface area (TPSA) is 105 Å². The Morgan fingerprint density at radius 1 is 1.17 bits per heavy atom. The summed E-state index contributed by atoms with van der Waals surface area (Å²) in [5.41, 5.74) is -0.600. The van der Waals surface area contributed by atoms with Crippen LogP contribution in [0.4, 0.5) is 0 Å². The van der Waals surface area contributed by atoms with Crippen LogP contribution < -0.4 is 14.2 Å². The molecule has 7 heteroatoms. The van der Waals surface area contributed by atoms with E-state index in [4.69, 9.17) is 14.2 Å². The number of rotatable bonds is 5. The average molecular weight is 400 g/mol. The smallest absolute Gasteiger partial charge is 0.210 e. The third-order valence-electron chi connectivity index (χ3n) is 4.93. The van der Waals surface area contributed by atoms with Crippen LogP contribution in [0.3, 0.4) is 0 Å². The lowest BCUT2D eigenvalue weighted by molar-refractivity contribution is -0.00680. The Kier molecular flexibility index (Phi) is 5.44. The summed E-state index contributed by atoms with van der Waals surface area (Å²) in [6.07, 6.45) is 2.26. The second-order valence-corrected chi connectivity index (χ2v) is 7.13. The van der Waals surface area contributed by atoms with E-state index < -0.39 is 11.4 Å². The van der Waals surface area contributed by atoms with Crippen molar-refractivity contribution in [3.8, 4) is 28.7 Å². The fourth-order valence-corrected chi connectivity index (χ4v) is 3.37. The number of Topliss-reactive ketones (excluding diaryl/α,β-unsaturated/α-hetero) is 1. The lowest BCUT2D eigenvalue weighted by atomic mass is 9.82. The molecule has 1 aliphatic heterocycles. The molecule has 2 aromatic carbocycles. The van der Waals surface area contributed by atoms with Gasteiger partial charge in [-0.15, -0.1) is 0 Å². The minimum atomic E-state index is -2.10. The average Bonchev–Trinajstić information content (AvgIpc) is 2.68. The Bertz CT molecular complexity index is 989. The summed E-state index contributed by atoms with van der Waals surface area (Å²) in [5.74, 6) is -0.451. The summed E-state index contributed by atoms with van der Waals surface area (Å²) in [7, 11) is 2.83. The number of hydrogen-bond acceptors (Lipinski definition) is 7. The van der Waals surface area contributed by atoms with Crippen molar-refractivity contribution in [3.63, 3.8) is 0 Å². The Morgan fingerprint density at radius 3 is 2.52 bits per heavy atom. The van der Waals surface area contributed by atoms with Gasteiger partial charge in [-0.25, -0.2) is 0 Å². The molecule has 2 aromatic rings. The first-order chi connectivity index (χ1) is 13.7. The van der Waals surface area contributed by atoms with Crippen LogP contribution in [0.5, 0.6) is 28.7 Å². The van der Waals surface area contributed by atoms with Gasteiger partial charge in [0.05, 0.1) is 14.2 Å². The zero-order valence-electron chi connectivity index (χ0n) is 16.8. The number of hydrogen-bond donors (Lipinski definition) is 3. The highest BCUT2D eigenvalue weighted by molar-refractivity contribution is 6.08. The van der Waals surface area contributed by atoms with E-state index in [1.807, 2.05) is 19.9 Å². The van der Waals surface area contributed by atoms with E-state index in [9.17, 15) is 20.1 Å². The molecule has 1 atom stereocenters. The fraction of sp³-hybridized carbons (Fsp3) is 0.318. The van der Waals surface area contributed by atoms with E-state index in [0.717, 1.165) is 5.57 Å². The molecule has 0 bridgehead atoms. The van der Waals surface area contributed by atoms with Crippen LogP contribution in [0.25, 0.3) is 0 Å². The number of phenols is 2. The van der Waals surface area contributed by atoms with Gasteiger partial charge in [-0.2, -0.15) is 0 Å². The molecule has 1 heterocycles. The van der Waals surface area contributed by atoms with E-state index in [2.05, 4.69) is 0 Å². The predicted molar refractivity (Wildman–Crippen MR) is 106 cm³/mol. The van der Waals surface area contributed by atoms with Crippen molar-refractivity contribution in [2.75, 3.05) is 20.8 Å². The summed E-state index contributed by atoms with van der Waals surface area (Å²) in [6, 6.07) is 5.58. The number of methoxy groups -OCH3 is 2. The van der Waals surface area contributed by atoms with Crippen LogP contribution in [0.1, 0.15) is 35.3 Å². The number of ketones is 1. The maximum absolute atomic E-state index is 13.2. The van der Waals surface area contributed by atoms with Crippen molar-refractivity contribution >= 4 is 5.78 Å². The van der Waals surface area contributed by atoms with Gasteiger partial charge in [-0.3, -0.25) is 4.79 Å². The maximum Gasteiger partial charge on any atom is 0.210 e. The van der Waals surface area contributed by atoms with Crippen molar-refractivity contribution in [3.05, 3.63) is 52.6 Å². The number of benzene rings is 2. The molecule has 154 valence electrons. The summed E-state index contributed by atoms with van der Waals surface area (Å²) in [6.45, 7) is 3.47. The van der Waals surface area contributed by atoms with Gasteiger partial charge in [0.15, 0.2) is 5.60 Å². The first kappa shape index (κ1) is 20.5.